The third-order valence-electron chi connectivity index (χ3n) is 5.73. The molecule has 0 bridgehead atoms. The molecule has 0 spiro atoms. The molecule has 1 aromatic heterocycles. The Morgan fingerprint density at radius 2 is 1.88 bits per heavy atom. The van der Waals surface area contributed by atoms with Crippen LogP contribution in [0.2, 0.25) is 0 Å². The second-order valence-corrected chi connectivity index (χ2v) is 9.21. The molecule has 1 saturated heterocycles. The maximum atomic E-state index is 12.5. The summed E-state index contributed by atoms with van der Waals surface area (Å²) < 4.78 is 5.81. The van der Waals surface area contributed by atoms with Crippen molar-refractivity contribution in [3.63, 3.8) is 0 Å². The largest absolute Gasteiger partial charge is 0.488 e. The number of carbonyl (C=O) groups is 1. The van der Waals surface area contributed by atoms with Gasteiger partial charge in [0.05, 0.1) is 0 Å². The molecule has 168 valence electrons. The van der Waals surface area contributed by atoms with Crippen LogP contribution in [0.25, 0.3) is 0 Å². The fourth-order valence-electron chi connectivity index (χ4n) is 3.94. The number of hydrogen-bond donors (Lipinski definition) is 1. The SMILES string of the molecule is Cc1cccc(N2CCN(CCCNC(=O)c3cccc(OCc4cccs4)c3)CC2)c1. The Morgan fingerprint density at radius 1 is 1.03 bits per heavy atom. The first-order valence-electron chi connectivity index (χ1n) is 11.2. The monoisotopic (exact) mass is 449 g/mol. The first-order chi connectivity index (χ1) is 15.7. The van der Waals surface area contributed by atoms with E-state index in [9.17, 15) is 4.79 Å². The summed E-state index contributed by atoms with van der Waals surface area (Å²) in [7, 11) is 0. The lowest BCUT2D eigenvalue weighted by Crippen LogP contribution is -2.47. The molecule has 2 heterocycles. The fourth-order valence-corrected chi connectivity index (χ4v) is 4.55. The van der Waals surface area contributed by atoms with E-state index in [1.165, 1.54) is 16.1 Å². The van der Waals surface area contributed by atoms with Crippen LogP contribution in [0.4, 0.5) is 5.69 Å². The number of anilines is 1. The zero-order chi connectivity index (χ0) is 22.2. The molecule has 3 aromatic rings. The third-order valence-corrected chi connectivity index (χ3v) is 6.58. The number of nitrogens with zero attached hydrogens (tertiary/aromatic N) is 2. The maximum absolute atomic E-state index is 12.5. The summed E-state index contributed by atoms with van der Waals surface area (Å²) in [6.07, 6.45) is 0.949. The molecule has 0 radical (unpaired) electrons. The van der Waals surface area contributed by atoms with Crippen LogP contribution in [-0.2, 0) is 6.61 Å². The third kappa shape index (κ3) is 6.34. The van der Waals surface area contributed by atoms with Crippen LogP contribution in [-0.4, -0.2) is 50.1 Å². The highest BCUT2D eigenvalue weighted by molar-refractivity contribution is 7.09. The molecule has 0 unspecified atom stereocenters. The summed E-state index contributed by atoms with van der Waals surface area (Å²) in [4.78, 5) is 18.6. The van der Waals surface area contributed by atoms with Crippen molar-refractivity contribution < 1.29 is 9.53 Å². The van der Waals surface area contributed by atoms with Crippen molar-refractivity contribution in [2.75, 3.05) is 44.2 Å². The Hall–Kier alpha value is -2.83. The number of nitrogens with one attached hydrogen (secondary N) is 1. The number of thiophene rings is 1. The highest BCUT2D eigenvalue weighted by Gasteiger charge is 2.17. The average Bonchev–Trinajstić information content (AvgIpc) is 3.35. The molecule has 4 rings (SSSR count). The zero-order valence-electron chi connectivity index (χ0n) is 18.6. The van der Waals surface area contributed by atoms with Crippen molar-refractivity contribution >= 4 is 22.9 Å². The normalized spacial score (nSPS) is 14.3. The second-order valence-electron chi connectivity index (χ2n) is 8.17. The van der Waals surface area contributed by atoms with E-state index in [1.807, 2.05) is 41.8 Å². The van der Waals surface area contributed by atoms with Gasteiger partial charge in [-0.1, -0.05) is 24.3 Å². The van der Waals surface area contributed by atoms with Crippen molar-refractivity contribution in [3.05, 3.63) is 82.0 Å². The van der Waals surface area contributed by atoms with Gasteiger partial charge < -0.3 is 15.0 Å². The van der Waals surface area contributed by atoms with Gasteiger partial charge in [-0.3, -0.25) is 9.69 Å². The Morgan fingerprint density at radius 3 is 2.66 bits per heavy atom. The minimum Gasteiger partial charge on any atom is -0.488 e. The van der Waals surface area contributed by atoms with Gasteiger partial charge in [0.2, 0.25) is 0 Å². The smallest absolute Gasteiger partial charge is 0.251 e. The minimum absolute atomic E-state index is 0.0455. The van der Waals surface area contributed by atoms with Crippen molar-refractivity contribution in [1.29, 1.82) is 0 Å². The van der Waals surface area contributed by atoms with E-state index in [-0.39, 0.29) is 5.91 Å². The van der Waals surface area contributed by atoms with E-state index >= 15 is 0 Å². The summed E-state index contributed by atoms with van der Waals surface area (Å²) in [5, 5.41) is 5.08. The molecule has 0 saturated carbocycles. The number of benzene rings is 2. The summed E-state index contributed by atoms with van der Waals surface area (Å²) in [5.74, 6) is 0.674. The van der Waals surface area contributed by atoms with E-state index < -0.39 is 0 Å². The van der Waals surface area contributed by atoms with Crippen molar-refractivity contribution in [1.82, 2.24) is 10.2 Å². The summed E-state index contributed by atoms with van der Waals surface area (Å²) >= 11 is 1.67. The topological polar surface area (TPSA) is 44.8 Å². The highest BCUT2D eigenvalue weighted by atomic mass is 32.1. The quantitative estimate of drug-likeness (QED) is 0.486. The number of piperazine rings is 1. The van der Waals surface area contributed by atoms with Crippen LogP contribution in [0.1, 0.15) is 27.2 Å². The predicted molar refractivity (Wildman–Crippen MR) is 132 cm³/mol. The Kier molecular flexibility index (Phi) is 7.80. The average molecular weight is 450 g/mol. The van der Waals surface area contributed by atoms with Crippen LogP contribution in [0.15, 0.2) is 66.0 Å². The standard InChI is InChI=1S/C26H31N3O2S/c1-21-6-2-8-23(18-21)29-15-13-28(14-16-29)12-5-11-27-26(30)22-7-3-9-24(19-22)31-20-25-10-4-17-32-25/h2-4,6-10,17-19H,5,11-16,20H2,1H3,(H,27,30). The molecule has 32 heavy (non-hydrogen) atoms. The molecule has 5 nitrogen and oxygen atoms in total. The lowest BCUT2D eigenvalue weighted by Gasteiger charge is -2.36. The predicted octanol–water partition coefficient (Wildman–Crippen LogP) is 4.58. The van der Waals surface area contributed by atoms with E-state index in [2.05, 4.69) is 46.3 Å². The van der Waals surface area contributed by atoms with Gasteiger partial charge in [-0.05, 0) is 67.2 Å². The lowest BCUT2D eigenvalue weighted by molar-refractivity contribution is 0.0951. The lowest BCUT2D eigenvalue weighted by atomic mass is 10.2. The summed E-state index contributed by atoms with van der Waals surface area (Å²) in [5.41, 5.74) is 3.26. The second kappa shape index (κ2) is 11.2. The van der Waals surface area contributed by atoms with E-state index in [4.69, 9.17) is 4.74 Å². The number of amides is 1. The van der Waals surface area contributed by atoms with Crippen molar-refractivity contribution in [2.24, 2.45) is 0 Å². The minimum atomic E-state index is -0.0455. The van der Waals surface area contributed by atoms with Crippen molar-refractivity contribution in [2.45, 2.75) is 20.0 Å². The van der Waals surface area contributed by atoms with Gasteiger partial charge in [0.1, 0.15) is 12.4 Å². The molecule has 6 heteroatoms. The van der Waals surface area contributed by atoms with Gasteiger partial charge >= 0.3 is 0 Å². The van der Waals surface area contributed by atoms with Crippen LogP contribution in [0, 0.1) is 6.92 Å². The van der Waals surface area contributed by atoms with Gasteiger partial charge in [-0.15, -0.1) is 11.3 Å². The van der Waals surface area contributed by atoms with E-state index in [0.29, 0.717) is 18.7 Å². The maximum Gasteiger partial charge on any atom is 0.251 e. The van der Waals surface area contributed by atoms with Crippen molar-refractivity contribution in [3.8, 4) is 5.75 Å². The molecule has 0 aliphatic carbocycles. The van der Waals surface area contributed by atoms with Crippen LogP contribution < -0.4 is 15.0 Å². The van der Waals surface area contributed by atoms with Gasteiger partial charge in [-0.2, -0.15) is 0 Å². The van der Waals surface area contributed by atoms with Gasteiger partial charge in [0.25, 0.3) is 5.91 Å². The Bertz CT molecular complexity index is 998. The van der Waals surface area contributed by atoms with E-state index in [0.717, 1.165) is 44.9 Å². The molecule has 1 fully saturated rings. The molecule has 1 N–H and O–H groups in total. The first-order valence-corrected chi connectivity index (χ1v) is 12.1. The Labute approximate surface area is 194 Å². The Balaban J connectivity index is 1.15. The molecular weight excluding hydrogens is 418 g/mol. The number of ether oxygens (including phenoxy) is 1. The summed E-state index contributed by atoms with van der Waals surface area (Å²) in [6, 6.07) is 20.2. The molecule has 1 aliphatic heterocycles. The summed E-state index contributed by atoms with van der Waals surface area (Å²) in [6.45, 7) is 8.57. The number of rotatable bonds is 9. The van der Waals surface area contributed by atoms with Gasteiger partial charge in [0.15, 0.2) is 0 Å². The highest BCUT2D eigenvalue weighted by Crippen LogP contribution is 2.18. The molecule has 1 aliphatic rings. The van der Waals surface area contributed by atoms with Crippen LogP contribution in [0.3, 0.4) is 0 Å². The van der Waals surface area contributed by atoms with Crippen LogP contribution >= 0.6 is 11.3 Å². The molecule has 1 amide bonds. The molecule has 2 aromatic carbocycles. The molecular formula is C26H31N3O2S. The zero-order valence-corrected chi connectivity index (χ0v) is 19.4. The number of hydrogen-bond acceptors (Lipinski definition) is 5. The number of carbonyl (C=O) groups excluding carboxylic acids is 1. The fraction of sp³-hybridized carbons (Fsp3) is 0.346. The van der Waals surface area contributed by atoms with Crippen LogP contribution in [0.5, 0.6) is 5.75 Å². The molecule has 0 atom stereocenters. The first kappa shape index (κ1) is 22.4. The van der Waals surface area contributed by atoms with Gasteiger partial charge in [0, 0.05) is 48.9 Å². The van der Waals surface area contributed by atoms with Gasteiger partial charge in [-0.25, -0.2) is 0 Å². The number of aryl methyl sites for hydroxylation is 1. The van der Waals surface area contributed by atoms with E-state index in [1.54, 1.807) is 11.3 Å².